The summed E-state index contributed by atoms with van der Waals surface area (Å²) < 4.78 is 25.3. The SMILES string of the molecule is O=C(CCC1CCCCC1)N1CCC(S(=O)(=O)c2ccccc2)C1. The van der Waals surface area contributed by atoms with Crippen molar-refractivity contribution < 1.29 is 13.2 Å². The first-order valence-electron chi connectivity index (χ1n) is 9.14. The number of hydrogen-bond donors (Lipinski definition) is 0. The summed E-state index contributed by atoms with van der Waals surface area (Å²) in [5.74, 6) is 0.820. The van der Waals surface area contributed by atoms with Crippen molar-refractivity contribution in [2.24, 2.45) is 5.92 Å². The average Bonchev–Trinajstić information content (AvgIpc) is 3.12. The molecule has 24 heavy (non-hydrogen) atoms. The van der Waals surface area contributed by atoms with Gasteiger partial charge in [0.2, 0.25) is 5.91 Å². The highest BCUT2D eigenvalue weighted by molar-refractivity contribution is 7.92. The van der Waals surface area contributed by atoms with Gasteiger partial charge in [0, 0.05) is 19.5 Å². The largest absolute Gasteiger partial charge is 0.341 e. The minimum atomic E-state index is -3.33. The fraction of sp³-hybridized carbons (Fsp3) is 0.632. The van der Waals surface area contributed by atoms with Crippen LogP contribution in [0.2, 0.25) is 0 Å². The van der Waals surface area contributed by atoms with Crippen LogP contribution in [0.15, 0.2) is 35.2 Å². The molecule has 1 saturated heterocycles. The molecule has 0 N–H and O–H groups in total. The molecule has 1 aromatic rings. The fourth-order valence-corrected chi connectivity index (χ4v) is 5.69. The Morgan fingerprint density at radius 2 is 1.75 bits per heavy atom. The van der Waals surface area contributed by atoms with Crippen LogP contribution in [0.3, 0.4) is 0 Å². The first-order chi connectivity index (χ1) is 11.6. The summed E-state index contributed by atoms with van der Waals surface area (Å²) in [4.78, 5) is 14.6. The predicted octanol–water partition coefficient (Wildman–Crippen LogP) is 3.42. The molecule has 4 nitrogen and oxygen atoms in total. The number of hydrogen-bond acceptors (Lipinski definition) is 3. The number of likely N-dealkylation sites (tertiary alicyclic amines) is 1. The maximum Gasteiger partial charge on any atom is 0.222 e. The van der Waals surface area contributed by atoms with Gasteiger partial charge in [0.1, 0.15) is 0 Å². The van der Waals surface area contributed by atoms with Crippen LogP contribution in [0.1, 0.15) is 51.4 Å². The minimum Gasteiger partial charge on any atom is -0.341 e. The van der Waals surface area contributed by atoms with Crippen molar-refractivity contribution in [1.82, 2.24) is 4.90 Å². The van der Waals surface area contributed by atoms with Gasteiger partial charge in [0.15, 0.2) is 9.84 Å². The van der Waals surface area contributed by atoms with E-state index in [1.54, 1.807) is 29.2 Å². The second-order valence-corrected chi connectivity index (χ2v) is 9.38. The summed E-state index contributed by atoms with van der Waals surface area (Å²) in [6.07, 6.45) is 8.49. The normalized spacial score (nSPS) is 22.7. The van der Waals surface area contributed by atoms with Crippen LogP contribution >= 0.6 is 0 Å². The highest BCUT2D eigenvalue weighted by Gasteiger charge is 2.35. The zero-order valence-corrected chi connectivity index (χ0v) is 15.0. The first kappa shape index (κ1) is 17.5. The maximum atomic E-state index is 12.7. The van der Waals surface area contributed by atoms with Gasteiger partial charge in [0.05, 0.1) is 10.1 Å². The molecular formula is C19H27NO3S. The minimum absolute atomic E-state index is 0.131. The van der Waals surface area contributed by atoms with E-state index in [0.717, 1.165) is 6.42 Å². The summed E-state index contributed by atoms with van der Waals surface area (Å²) in [6.45, 7) is 0.918. The van der Waals surface area contributed by atoms with E-state index in [1.165, 1.54) is 32.1 Å². The molecule has 0 radical (unpaired) electrons. The Balaban J connectivity index is 1.54. The first-order valence-corrected chi connectivity index (χ1v) is 10.7. The molecule has 2 aliphatic rings. The third-order valence-electron chi connectivity index (χ3n) is 5.50. The van der Waals surface area contributed by atoms with Crippen molar-refractivity contribution >= 4 is 15.7 Å². The molecular weight excluding hydrogens is 322 g/mol. The van der Waals surface area contributed by atoms with E-state index in [1.807, 2.05) is 6.07 Å². The van der Waals surface area contributed by atoms with Crippen molar-refractivity contribution in [3.05, 3.63) is 30.3 Å². The molecule has 0 bridgehead atoms. The second-order valence-electron chi connectivity index (χ2n) is 7.15. The summed E-state index contributed by atoms with van der Waals surface area (Å²) in [6, 6.07) is 8.59. The van der Waals surface area contributed by atoms with Gasteiger partial charge in [-0.15, -0.1) is 0 Å². The lowest BCUT2D eigenvalue weighted by atomic mass is 9.86. The molecule has 132 valence electrons. The van der Waals surface area contributed by atoms with Crippen LogP contribution in [0, 0.1) is 5.92 Å². The van der Waals surface area contributed by atoms with Crippen molar-refractivity contribution in [3.8, 4) is 0 Å². The summed E-state index contributed by atoms with van der Waals surface area (Å²) >= 11 is 0. The highest BCUT2D eigenvalue weighted by Crippen LogP contribution is 2.29. The molecule has 1 aliphatic carbocycles. The number of carbonyl (C=O) groups is 1. The van der Waals surface area contributed by atoms with Crippen LogP contribution in [0.4, 0.5) is 0 Å². The smallest absolute Gasteiger partial charge is 0.222 e. The zero-order chi connectivity index (χ0) is 17.0. The summed E-state index contributed by atoms with van der Waals surface area (Å²) in [7, 11) is -3.33. The van der Waals surface area contributed by atoms with Crippen LogP contribution in [0.25, 0.3) is 0 Å². The molecule has 1 saturated carbocycles. The van der Waals surface area contributed by atoms with Gasteiger partial charge in [0.25, 0.3) is 0 Å². The topological polar surface area (TPSA) is 54.5 Å². The molecule has 1 amide bonds. The molecule has 1 aromatic carbocycles. The predicted molar refractivity (Wildman–Crippen MR) is 94.4 cm³/mol. The summed E-state index contributed by atoms with van der Waals surface area (Å²) in [5.41, 5.74) is 0. The molecule has 1 atom stereocenters. The molecule has 1 heterocycles. The fourth-order valence-electron chi connectivity index (χ4n) is 3.97. The van der Waals surface area contributed by atoms with E-state index in [9.17, 15) is 13.2 Å². The van der Waals surface area contributed by atoms with Crippen LogP contribution in [-0.2, 0) is 14.6 Å². The number of amides is 1. The van der Waals surface area contributed by atoms with Crippen molar-refractivity contribution in [2.45, 2.75) is 61.5 Å². The van der Waals surface area contributed by atoms with E-state index < -0.39 is 15.1 Å². The Bertz CT molecular complexity index is 650. The number of benzene rings is 1. The number of rotatable bonds is 5. The maximum absolute atomic E-state index is 12.7. The third kappa shape index (κ3) is 4.00. The molecule has 2 fully saturated rings. The quantitative estimate of drug-likeness (QED) is 0.818. The lowest BCUT2D eigenvalue weighted by molar-refractivity contribution is -0.130. The van der Waals surface area contributed by atoms with Gasteiger partial charge in [-0.05, 0) is 30.9 Å². The van der Waals surface area contributed by atoms with Gasteiger partial charge >= 0.3 is 0 Å². The van der Waals surface area contributed by atoms with Gasteiger partial charge in [-0.3, -0.25) is 4.79 Å². The number of carbonyl (C=O) groups excluding carboxylic acids is 1. The molecule has 0 spiro atoms. The number of sulfone groups is 1. The van der Waals surface area contributed by atoms with E-state index in [0.29, 0.717) is 36.7 Å². The molecule has 5 heteroatoms. The van der Waals surface area contributed by atoms with Crippen molar-refractivity contribution in [2.75, 3.05) is 13.1 Å². The lowest BCUT2D eigenvalue weighted by Gasteiger charge is -2.23. The van der Waals surface area contributed by atoms with Crippen LogP contribution in [-0.4, -0.2) is 37.6 Å². The van der Waals surface area contributed by atoms with E-state index in [4.69, 9.17) is 0 Å². The van der Waals surface area contributed by atoms with Crippen LogP contribution < -0.4 is 0 Å². The molecule has 3 rings (SSSR count). The van der Waals surface area contributed by atoms with Crippen molar-refractivity contribution in [1.29, 1.82) is 0 Å². The van der Waals surface area contributed by atoms with Crippen molar-refractivity contribution in [3.63, 3.8) is 0 Å². The average molecular weight is 349 g/mol. The third-order valence-corrected chi connectivity index (χ3v) is 7.69. The van der Waals surface area contributed by atoms with E-state index in [2.05, 4.69) is 0 Å². The Hall–Kier alpha value is -1.36. The molecule has 1 aliphatic heterocycles. The Morgan fingerprint density at radius 3 is 2.46 bits per heavy atom. The monoisotopic (exact) mass is 349 g/mol. The standard InChI is InChI=1S/C19H27NO3S/c21-19(12-11-16-7-3-1-4-8-16)20-14-13-18(15-20)24(22,23)17-9-5-2-6-10-17/h2,5-6,9-10,16,18H,1,3-4,7-8,11-15H2. The van der Waals surface area contributed by atoms with Gasteiger partial charge in [-0.1, -0.05) is 50.3 Å². The molecule has 0 aromatic heterocycles. The van der Waals surface area contributed by atoms with Gasteiger partial charge in [-0.2, -0.15) is 0 Å². The van der Waals surface area contributed by atoms with Gasteiger partial charge in [-0.25, -0.2) is 8.42 Å². The van der Waals surface area contributed by atoms with Crippen LogP contribution in [0.5, 0.6) is 0 Å². The van der Waals surface area contributed by atoms with E-state index >= 15 is 0 Å². The lowest BCUT2D eigenvalue weighted by Crippen LogP contribution is -2.32. The van der Waals surface area contributed by atoms with Gasteiger partial charge < -0.3 is 4.90 Å². The number of nitrogens with zero attached hydrogens (tertiary/aromatic N) is 1. The zero-order valence-electron chi connectivity index (χ0n) is 14.2. The second kappa shape index (κ2) is 7.68. The highest BCUT2D eigenvalue weighted by atomic mass is 32.2. The summed E-state index contributed by atoms with van der Waals surface area (Å²) in [5, 5.41) is -0.460. The Morgan fingerprint density at radius 1 is 1.04 bits per heavy atom. The molecule has 1 unspecified atom stereocenters. The Kier molecular flexibility index (Phi) is 5.59. The van der Waals surface area contributed by atoms with E-state index in [-0.39, 0.29) is 5.91 Å². The Labute approximate surface area is 145 Å².